The van der Waals surface area contributed by atoms with Gasteiger partial charge in [-0.15, -0.1) is 0 Å². The minimum atomic E-state index is -0.617. The maximum Gasteiger partial charge on any atom is 0.272 e. The zero-order valence-electron chi connectivity index (χ0n) is 17.4. The lowest BCUT2D eigenvalue weighted by atomic mass is 9.93. The highest BCUT2D eigenvalue weighted by atomic mass is 16.5. The zero-order chi connectivity index (χ0) is 22.5. The number of benzene rings is 2. The molecular weight excluding hydrogens is 404 g/mol. The Morgan fingerprint density at radius 2 is 1.75 bits per heavy atom. The summed E-state index contributed by atoms with van der Waals surface area (Å²) in [5.41, 5.74) is 2.43. The first-order valence-electron chi connectivity index (χ1n) is 10.0. The molecule has 158 valence electrons. The summed E-state index contributed by atoms with van der Waals surface area (Å²) < 4.78 is 11.1. The molecule has 4 rings (SSSR count). The summed E-state index contributed by atoms with van der Waals surface area (Å²) in [7, 11) is 0. The summed E-state index contributed by atoms with van der Waals surface area (Å²) >= 11 is 0. The Bertz CT molecular complexity index is 1230. The average Bonchev–Trinajstić information content (AvgIpc) is 3.33. The van der Waals surface area contributed by atoms with E-state index in [9.17, 15) is 14.9 Å². The smallest absolute Gasteiger partial charge is 0.272 e. The van der Waals surface area contributed by atoms with Gasteiger partial charge in [0.1, 0.15) is 29.8 Å². The molecule has 0 saturated heterocycles. The first kappa shape index (κ1) is 20.9. The van der Waals surface area contributed by atoms with E-state index in [1.807, 2.05) is 60.7 Å². The number of rotatable bonds is 6. The second-order valence-corrected chi connectivity index (χ2v) is 7.29. The van der Waals surface area contributed by atoms with E-state index in [1.54, 1.807) is 25.1 Å². The third-order valence-electron chi connectivity index (χ3n) is 5.16. The molecule has 6 nitrogen and oxygen atoms in total. The molecule has 1 aliphatic heterocycles. The van der Waals surface area contributed by atoms with Crippen molar-refractivity contribution in [1.82, 2.24) is 4.90 Å². The molecule has 0 fully saturated rings. The summed E-state index contributed by atoms with van der Waals surface area (Å²) in [6.45, 7) is 2.03. The van der Waals surface area contributed by atoms with Crippen molar-refractivity contribution in [2.75, 3.05) is 0 Å². The standard InChI is InChI=1S/C26H20N2O4/c1-18-23(25(29)28(26(30)24(18)15-27)16-22-8-5-13-31-22)14-19-9-11-21(12-10-19)32-17-20-6-3-2-4-7-20/h2-14H,16-17H2,1H3/b23-14+. The van der Waals surface area contributed by atoms with E-state index in [1.165, 1.54) is 6.26 Å². The summed E-state index contributed by atoms with van der Waals surface area (Å²) in [5.74, 6) is 0.0777. The van der Waals surface area contributed by atoms with E-state index < -0.39 is 11.8 Å². The highest BCUT2D eigenvalue weighted by molar-refractivity contribution is 6.19. The molecule has 0 N–H and O–H groups in total. The molecule has 0 unspecified atom stereocenters. The second-order valence-electron chi connectivity index (χ2n) is 7.29. The Morgan fingerprint density at radius 1 is 1.00 bits per heavy atom. The molecule has 0 saturated carbocycles. The number of carbonyl (C=O) groups is 2. The Hall–Kier alpha value is -4.37. The monoisotopic (exact) mass is 424 g/mol. The predicted octanol–water partition coefficient (Wildman–Crippen LogP) is 4.65. The Morgan fingerprint density at radius 3 is 2.41 bits per heavy atom. The third-order valence-corrected chi connectivity index (χ3v) is 5.16. The fraction of sp³-hybridized carbons (Fsp3) is 0.115. The van der Waals surface area contributed by atoms with Gasteiger partial charge in [-0.25, -0.2) is 0 Å². The normalized spacial score (nSPS) is 15.2. The van der Waals surface area contributed by atoms with E-state index >= 15 is 0 Å². The summed E-state index contributed by atoms with van der Waals surface area (Å²) in [4.78, 5) is 26.8. The van der Waals surface area contributed by atoms with Crippen LogP contribution in [-0.4, -0.2) is 16.7 Å². The molecule has 1 aliphatic rings. The van der Waals surface area contributed by atoms with Crippen LogP contribution in [0.2, 0.25) is 0 Å². The van der Waals surface area contributed by atoms with E-state index in [2.05, 4.69) is 0 Å². The Kier molecular flexibility index (Phi) is 6.00. The van der Waals surface area contributed by atoms with Crippen molar-refractivity contribution in [3.63, 3.8) is 0 Å². The molecule has 2 aromatic carbocycles. The molecule has 6 heteroatoms. The minimum Gasteiger partial charge on any atom is -0.489 e. The zero-order valence-corrected chi connectivity index (χ0v) is 17.4. The van der Waals surface area contributed by atoms with Crippen LogP contribution in [0, 0.1) is 11.3 Å². The Balaban J connectivity index is 1.57. The van der Waals surface area contributed by atoms with Crippen LogP contribution in [0.1, 0.15) is 23.8 Å². The van der Waals surface area contributed by atoms with E-state index in [0.29, 0.717) is 29.3 Å². The molecule has 32 heavy (non-hydrogen) atoms. The molecule has 3 aromatic rings. The van der Waals surface area contributed by atoms with Crippen LogP contribution in [0.25, 0.3) is 6.08 Å². The molecule has 0 bridgehead atoms. The number of hydrogen-bond acceptors (Lipinski definition) is 5. The Labute approximate surface area is 185 Å². The topological polar surface area (TPSA) is 83.5 Å². The molecule has 0 spiro atoms. The SMILES string of the molecule is CC1=C(C#N)C(=O)N(Cc2ccco2)C(=O)/C1=C/c1ccc(OCc2ccccc2)cc1. The summed E-state index contributed by atoms with van der Waals surface area (Å²) in [5, 5.41) is 9.50. The van der Waals surface area contributed by atoms with Gasteiger partial charge in [0, 0.05) is 5.57 Å². The van der Waals surface area contributed by atoms with Gasteiger partial charge in [-0.3, -0.25) is 14.5 Å². The highest BCUT2D eigenvalue weighted by Crippen LogP contribution is 2.28. The molecular formula is C26H20N2O4. The number of furan rings is 1. The van der Waals surface area contributed by atoms with Crippen molar-refractivity contribution < 1.29 is 18.7 Å². The fourth-order valence-electron chi connectivity index (χ4n) is 3.40. The first-order valence-corrected chi connectivity index (χ1v) is 10.0. The second kappa shape index (κ2) is 9.19. The van der Waals surface area contributed by atoms with Crippen LogP contribution in [0.4, 0.5) is 0 Å². The van der Waals surface area contributed by atoms with Crippen LogP contribution in [0.5, 0.6) is 5.75 Å². The molecule has 2 amide bonds. The molecule has 0 atom stereocenters. The molecule has 0 aliphatic carbocycles. The lowest BCUT2D eigenvalue weighted by molar-refractivity contribution is -0.141. The molecule has 1 aromatic heterocycles. The molecule has 0 radical (unpaired) electrons. The maximum absolute atomic E-state index is 13.1. The van der Waals surface area contributed by atoms with Crippen molar-refractivity contribution in [2.45, 2.75) is 20.1 Å². The van der Waals surface area contributed by atoms with Crippen molar-refractivity contribution >= 4 is 17.9 Å². The van der Waals surface area contributed by atoms with Crippen LogP contribution in [0.15, 0.2) is 94.1 Å². The van der Waals surface area contributed by atoms with Crippen molar-refractivity contribution in [3.05, 3.63) is 107 Å². The van der Waals surface area contributed by atoms with Gasteiger partial charge in [0.15, 0.2) is 0 Å². The van der Waals surface area contributed by atoms with Gasteiger partial charge in [0.25, 0.3) is 11.8 Å². The van der Waals surface area contributed by atoms with Gasteiger partial charge < -0.3 is 9.15 Å². The number of nitrogens with zero attached hydrogens (tertiary/aromatic N) is 2. The highest BCUT2D eigenvalue weighted by Gasteiger charge is 2.35. The van der Waals surface area contributed by atoms with Crippen molar-refractivity contribution in [2.24, 2.45) is 0 Å². The minimum absolute atomic E-state index is 0.0350. The number of carbonyl (C=O) groups excluding carboxylic acids is 2. The van der Waals surface area contributed by atoms with Gasteiger partial charge >= 0.3 is 0 Å². The van der Waals surface area contributed by atoms with Crippen molar-refractivity contribution in [3.8, 4) is 11.8 Å². The van der Waals surface area contributed by atoms with E-state index in [-0.39, 0.29) is 12.1 Å². The van der Waals surface area contributed by atoms with E-state index in [4.69, 9.17) is 9.15 Å². The van der Waals surface area contributed by atoms with Crippen LogP contribution in [-0.2, 0) is 22.7 Å². The maximum atomic E-state index is 13.1. The lowest BCUT2D eigenvalue weighted by Gasteiger charge is -2.26. The van der Waals surface area contributed by atoms with Gasteiger partial charge in [-0.2, -0.15) is 5.26 Å². The van der Waals surface area contributed by atoms with Crippen LogP contribution >= 0.6 is 0 Å². The average molecular weight is 424 g/mol. The van der Waals surface area contributed by atoms with Crippen molar-refractivity contribution in [1.29, 1.82) is 5.26 Å². The number of ether oxygens (including phenoxy) is 1. The van der Waals surface area contributed by atoms with Gasteiger partial charge in [0.2, 0.25) is 0 Å². The third kappa shape index (κ3) is 4.37. The number of amides is 2. The largest absolute Gasteiger partial charge is 0.489 e. The van der Waals surface area contributed by atoms with E-state index in [0.717, 1.165) is 16.0 Å². The number of imide groups is 1. The summed E-state index contributed by atoms with van der Waals surface area (Å²) in [6, 6.07) is 22.4. The first-order chi connectivity index (χ1) is 15.6. The molecule has 2 heterocycles. The number of hydrogen-bond donors (Lipinski definition) is 0. The summed E-state index contributed by atoms with van der Waals surface area (Å²) in [6.07, 6.45) is 3.15. The lowest BCUT2D eigenvalue weighted by Crippen LogP contribution is -2.42. The van der Waals surface area contributed by atoms with Gasteiger partial charge in [0.05, 0.1) is 12.8 Å². The number of nitriles is 1. The van der Waals surface area contributed by atoms with Gasteiger partial charge in [-0.1, -0.05) is 42.5 Å². The fourth-order valence-corrected chi connectivity index (χ4v) is 3.40. The van der Waals surface area contributed by atoms with Crippen LogP contribution < -0.4 is 4.74 Å². The predicted molar refractivity (Wildman–Crippen MR) is 118 cm³/mol. The van der Waals surface area contributed by atoms with Gasteiger partial charge in [-0.05, 0) is 54.0 Å². The van der Waals surface area contributed by atoms with Crippen LogP contribution in [0.3, 0.4) is 0 Å². The quantitative estimate of drug-likeness (QED) is 0.425.